The Bertz CT molecular complexity index is 461. The van der Waals surface area contributed by atoms with Gasteiger partial charge in [0.05, 0.1) is 0 Å². The van der Waals surface area contributed by atoms with Crippen LogP contribution in [0.2, 0.25) is 8.87 Å². The van der Waals surface area contributed by atoms with E-state index in [1.165, 1.54) is 141 Å². The summed E-state index contributed by atoms with van der Waals surface area (Å²) in [5.41, 5.74) is 0. The fourth-order valence-electron chi connectivity index (χ4n) is 5.95. The zero-order valence-corrected chi connectivity index (χ0v) is 37.9. The third-order valence-electron chi connectivity index (χ3n) is 10.3. The molecule has 0 aromatic heterocycles. The molecule has 0 aromatic rings. The molecule has 0 N–H and O–H groups in total. The summed E-state index contributed by atoms with van der Waals surface area (Å²) in [4.78, 5) is 0. The van der Waals surface area contributed by atoms with Crippen LogP contribution < -0.4 is 0 Å². The predicted molar refractivity (Wildman–Crippen MR) is 218 cm³/mol. The molecule has 47 heavy (non-hydrogen) atoms. The molecular formula is C44H94O2Sn. The van der Waals surface area contributed by atoms with Crippen LogP contribution in [0.3, 0.4) is 0 Å². The van der Waals surface area contributed by atoms with Gasteiger partial charge in [0.25, 0.3) is 0 Å². The van der Waals surface area contributed by atoms with Gasteiger partial charge in [-0.1, -0.05) is 132 Å². The van der Waals surface area contributed by atoms with Gasteiger partial charge in [0.1, 0.15) is 0 Å². The summed E-state index contributed by atoms with van der Waals surface area (Å²) < 4.78 is 15.1. The molecule has 3 heteroatoms. The predicted octanol–water partition coefficient (Wildman–Crippen LogP) is 15.4. The van der Waals surface area contributed by atoms with Crippen molar-refractivity contribution in [2.24, 2.45) is 29.6 Å². The molecule has 0 saturated heterocycles. The van der Waals surface area contributed by atoms with Gasteiger partial charge in [-0.2, -0.15) is 0 Å². The van der Waals surface area contributed by atoms with Gasteiger partial charge in [-0.05, 0) is 49.4 Å². The van der Waals surface area contributed by atoms with Crippen LogP contribution in [-0.2, 0) is 9.47 Å². The summed E-state index contributed by atoms with van der Waals surface area (Å²) in [6, 6.07) is 0. The molecule has 0 saturated carbocycles. The van der Waals surface area contributed by atoms with Crippen LogP contribution in [0.25, 0.3) is 0 Å². The Balaban J connectivity index is -0.000000625. The molecule has 0 aromatic carbocycles. The van der Waals surface area contributed by atoms with Gasteiger partial charge >= 0.3 is 95.2 Å². The first-order valence-corrected chi connectivity index (χ1v) is 25.8. The number of ether oxygens (including phenoxy) is 2. The van der Waals surface area contributed by atoms with E-state index in [1.807, 2.05) is 0 Å². The van der Waals surface area contributed by atoms with Crippen LogP contribution in [0.5, 0.6) is 0 Å². The van der Waals surface area contributed by atoms with E-state index in [0.29, 0.717) is 0 Å². The summed E-state index contributed by atoms with van der Waals surface area (Å²) in [5.74, 6) is 4.26. The molecule has 286 valence electrons. The molecule has 5 unspecified atom stereocenters. The van der Waals surface area contributed by atoms with Crippen LogP contribution in [0, 0.1) is 29.6 Å². The molecule has 0 aliphatic heterocycles. The number of hydrogen-bond donors (Lipinski definition) is 0. The Hall–Kier alpha value is 0.719. The topological polar surface area (TPSA) is 18.5 Å². The standard InChI is InChI=1S/2C16H34O.C8H17.C4H9.Sn/c2*1-5-9-11-15(7-3)13-17-14-16(8-4)12-10-6-2;1-4-6-7-8(3)5-2;1-3-4-2;/h2*15-16H,5-14H2,1-4H3;8H,3-7H2,1-2H3;1,3-4H2,2H3;. The summed E-state index contributed by atoms with van der Waals surface area (Å²) in [6.45, 7) is 29.2. The molecule has 2 nitrogen and oxygen atoms in total. The molecule has 0 fully saturated rings. The van der Waals surface area contributed by atoms with E-state index in [1.54, 1.807) is 8.87 Å². The van der Waals surface area contributed by atoms with Crippen molar-refractivity contribution in [3.8, 4) is 0 Å². The van der Waals surface area contributed by atoms with E-state index in [2.05, 4.69) is 76.2 Å². The summed E-state index contributed by atoms with van der Waals surface area (Å²) >= 11 is 0.0553. The van der Waals surface area contributed by atoms with Gasteiger partial charge in [0.15, 0.2) is 0 Å². The van der Waals surface area contributed by atoms with E-state index < -0.39 is 0 Å². The van der Waals surface area contributed by atoms with E-state index in [-0.39, 0.29) is 21.1 Å². The zero-order valence-electron chi connectivity index (χ0n) is 35.0. The number of unbranched alkanes of at least 4 members (excludes halogenated alkanes) is 6. The fraction of sp³-hybridized carbons (Fsp3) is 1.00. The monoisotopic (exact) mass is 775 g/mol. The molecule has 0 bridgehead atoms. The SMILES string of the molecule is CCCCC(CC)COCC(CC)CCCC.CCCCC(CC)COCC(CC)CCCC.CCC[CH2][Sn][CH2]C(CC)CCCC. The van der Waals surface area contributed by atoms with Crippen molar-refractivity contribution < 1.29 is 9.47 Å². The fourth-order valence-corrected chi connectivity index (χ4v) is 10.8. The molecule has 5 atom stereocenters. The zero-order chi connectivity index (χ0) is 35.8. The second kappa shape index (κ2) is 44.7. The van der Waals surface area contributed by atoms with Gasteiger partial charge < -0.3 is 9.47 Å². The van der Waals surface area contributed by atoms with Gasteiger partial charge in [-0.3, -0.25) is 0 Å². The van der Waals surface area contributed by atoms with Gasteiger partial charge in [-0.15, -0.1) is 0 Å². The van der Waals surface area contributed by atoms with Crippen molar-refractivity contribution in [1.82, 2.24) is 0 Å². The van der Waals surface area contributed by atoms with Gasteiger partial charge in [-0.25, -0.2) is 0 Å². The molecule has 0 heterocycles. The van der Waals surface area contributed by atoms with E-state index >= 15 is 0 Å². The molecule has 0 aliphatic rings. The van der Waals surface area contributed by atoms with Crippen LogP contribution in [-0.4, -0.2) is 47.6 Å². The van der Waals surface area contributed by atoms with Crippen molar-refractivity contribution in [2.45, 2.75) is 226 Å². The second-order valence-electron chi connectivity index (χ2n) is 14.7. The molecule has 0 rings (SSSR count). The minimum atomic E-state index is 0.0553. The third-order valence-corrected chi connectivity index (χ3v) is 14.8. The quantitative estimate of drug-likeness (QED) is 0.0488. The van der Waals surface area contributed by atoms with E-state index in [9.17, 15) is 0 Å². The van der Waals surface area contributed by atoms with Crippen LogP contribution in [0.1, 0.15) is 217 Å². The normalized spacial score (nSPS) is 14.4. The average Bonchev–Trinajstić information content (AvgIpc) is 3.10. The van der Waals surface area contributed by atoms with Crippen molar-refractivity contribution in [2.75, 3.05) is 26.4 Å². The molecule has 2 radical (unpaired) electrons. The van der Waals surface area contributed by atoms with E-state index in [4.69, 9.17) is 9.47 Å². The Morgan fingerprint density at radius 3 is 0.830 bits per heavy atom. The Morgan fingerprint density at radius 1 is 0.340 bits per heavy atom. The van der Waals surface area contributed by atoms with Crippen LogP contribution >= 0.6 is 0 Å². The third kappa shape index (κ3) is 39.4. The maximum absolute atomic E-state index is 5.93. The molecule has 0 spiro atoms. The number of hydrogen-bond acceptors (Lipinski definition) is 2. The van der Waals surface area contributed by atoms with Crippen LogP contribution in [0.4, 0.5) is 0 Å². The van der Waals surface area contributed by atoms with Crippen molar-refractivity contribution in [3.05, 3.63) is 0 Å². The molecular weight excluding hydrogens is 679 g/mol. The first-order valence-electron chi connectivity index (χ1n) is 21.8. The van der Waals surface area contributed by atoms with Crippen molar-refractivity contribution in [3.63, 3.8) is 0 Å². The average molecular weight is 774 g/mol. The summed E-state index contributed by atoms with van der Waals surface area (Å²) in [5, 5.41) is 0. The maximum atomic E-state index is 5.93. The first-order chi connectivity index (χ1) is 22.9. The van der Waals surface area contributed by atoms with Gasteiger partial charge in [0, 0.05) is 26.4 Å². The Labute approximate surface area is 311 Å². The minimum absolute atomic E-state index is 0.0553. The summed E-state index contributed by atoms with van der Waals surface area (Å²) in [6.07, 6.45) is 29.8. The number of rotatable bonds is 33. The summed E-state index contributed by atoms with van der Waals surface area (Å²) in [7, 11) is 0. The Kier molecular flexibility index (Phi) is 49.6. The van der Waals surface area contributed by atoms with E-state index in [0.717, 1.165) is 56.0 Å². The second-order valence-corrected chi connectivity index (χ2v) is 18.7. The molecule has 0 amide bonds. The van der Waals surface area contributed by atoms with Crippen molar-refractivity contribution in [1.29, 1.82) is 0 Å². The Morgan fingerprint density at radius 2 is 0.596 bits per heavy atom. The van der Waals surface area contributed by atoms with Crippen LogP contribution in [0.15, 0.2) is 0 Å². The van der Waals surface area contributed by atoms with Crippen molar-refractivity contribution >= 4 is 21.1 Å². The first kappa shape index (κ1) is 52.1. The molecule has 0 aliphatic carbocycles. The van der Waals surface area contributed by atoms with Gasteiger partial charge in [0.2, 0.25) is 0 Å².